The summed E-state index contributed by atoms with van der Waals surface area (Å²) in [6.07, 6.45) is 2.95. The van der Waals surface area contributed by atoms with Crippen molar-refractivity contribution in [1.82, 2.24) is 4.57 Å². The van der Waals surface area contributed by atoms with Gasteiger partial charge in [0, 0.05) is 18.3 Å². The van der Waals surface area contributed by atoms with Crippen molar-refractivity contribution in [3.63, 3.8) is 0 Å². The molecular formula is C17H15NO2. The van der Waals surface area contributed by atoms with Gasteiger partial charge in [0.1, 0.15) is 0 Å². The summed E-state index contributed by atoms with van der Waals surface area (Å²) in [6.45, 7) is 0.844. The topological polar surface area (TPSA) is 42.2 Å². The SMILES string of the molecule is O=C(O)c1ccc2ccn(CCc3ccccc3)c2c1. The van der Waals surface area contributed by atoms with E-state index >= 15 is 0 Å². The highest BCUT2D eigenvalue weighted by Gasteiger charge is 2.06. The van der Waals surface area contributed by atoms with Crippen LogP contribution in [0, 0.1) is 0 Å². The van der Waals surface area contributed by atoms with Gasteiger partial charge < -0.3 is 9.67 Å². The minimum Gasteiger partial charge on any atom is -0.478 e. The first kappa shape index (κ1) is 12.5. The van der Waals surface area contributed by atoms with Gasteiger partial charge in [-0.05, 0) is 35.6 Å². The van der Waals surface area contributed by atoms with E-state index in [-0.39, 0.29) is 0 Å². The third-order valence-electron chi connectivity index (χ3n) is 3.51. The molecule has 0 aliphatic heterocycles. The monoisotopic (exact) mass is 265 g/mol. The molecule has 0 aliphatic carbocycles. The van der Waals surface area contributed by atoms with Gasteiger partial charge in [-0.15, -0.1) is 0 Å². The summed E-state index contributed by atoms with van der Waals surface area (Å²) in [7, 11) is 0. The zero-order valence-electron chi connectivity index (χ0n) is 11.0. The van der Waals surface area contributed by atoms with E-state index in [1.807, 2.05) is 36.5 Å². The fraction of sp³-hybridized carbons (Fsp3) is 0.118. The Hall–Kier alpha value is -2.55. The van der Waals surface area contributed by atoms with Crippen molar-refractivity contribution in [2.24, 2.45) is 0 Å². The smallest absolute Gasteiger partial charge is 0.335 e. The van der Waals surface area contributed by atoms with E-state index in [0.717, 1.165) is 23.9 Å². The van der Waals surface area contributed by atoms with Gasteiger partial charge in [0.25, 0.3) is 0 Å². The molecule has 3 rings (SSSR count). The van der Waals surface area contributed by atoms with Gasteiger partial charge in [-0.2, -0.15) is 0 Å². The third kappa shape index (κ3) is 2.43. The van der Waals surface area contributed by atoms with E-state index in [1.54, 1.807) is 12.1 Å². The molecule has 1 N–H and O–H groups in total. The van der Waals surface area contributed by atoms with E-state index in [4.69, 9.17) is 5.11 Å². The molecule has 0 saturated carbocycles. The summed E-state index contributed by atoms with van der Waals surface area (Å²) >= 11 is 0. The number of carboxylic acid groups (broad SMARTS) is 1. The average Bonchev–Trinajstić information content (AvgIpc) is 2.88. The van der Waals surface area contributed by atoms with Crippen molar-refractivity contribution >= 4 is 16.9 Å². The first-order valence-corrected chi connectivity index (χ1v) is 6.60. The van der Waals surface area contributed by atoms with Gasteiger partial charge in [0.2, 0.25) is 0 Å². The Morgan fingerprint density at radius 3 is 2.60 bits per heavy atom. The third-order valence-corrected chi connectivity index (χ3v) is 3.51. The first-order valence-electron chi connectivity index (χ1n) is 6.60. The summed E-state index contributed by atoms with van der Waals surface area (Å²) in [5.74, 6) is -0.886. The Morgan fingerprint density at radius 1 is 1.05 bits per heavy atom. The van der Waals surface area contributed by atoms with Crippen molar-refractivity contribution < 1.29 is 9.90 Å². The van der Waals surface area contributed by atoms with Crippen molar-refractivity contribution in [1.29, 1.82) is 0 Å². The predicted molar refractivity (Wildman–Crippen MR) is 79.0 cm³/mol. The van der Waals surface area contributed by atoms with E-state index in [1.165, 1.54) is 5.56 Å². The summed E-state index contributed by atoms with van der Waals surface area (Å²) in [5, 5.41) is 10.1. The number of benzene rings is 2. The van der Waals surface area contributed by atoms with Gasteiger partial charge in [0.05, 0.1) is 5.56 Å². The number of hydrogen-bond acceptors (Lipinski definition) is 1. The zero-order valence-corrected chi connectivity index (χ0v) is 11.0. The number of aromatic carboxylic acids is 1. The Bertz CT molecular complexity index is 744. The number of fused-ring (bicyclic) bond motifs is 1. The predicted octanol–water partition coefficient (Wildman–Crippen LogP) is 3.58. The van der Waals surface area contributed by atoms with Crippen LogP contribution >= 0.6 is 0 Å². The summed E-state index contributed by atoms with van der Waals surface area (Å²) < 4.78 is 2.11. The number of carboxylic acids is 1. The van der Waals surface area contributed by atoms with Crippen LogP contribution in [0.2, 0.25) is 0 Å². The first-order chi connectivity index (χ1) is 9.74. The number of hydrogen-bond donors (Lipinski definition) is 1. The van der Waals surface area contributed by atoms with Crippen LogP contribution in [0.3, 0.4) is 0 Å². The van der Waals surface area contributed by atoms with E-state index in [2.05, 4.69) is 16.7 Å². The lowest BCUT2D eigenvalue weighted by Gasteiger charge is -2.06. The van der Waals surface area contributed by atoms with Crippen molar-refractivity contribution in [2.75, 3.05) is 0 Å². The van der Waals surface area contributed by atoms with Gasteiger partial charge >= 0.3 is 5.97 Å². The molecule has 3 heteroatoms. The molecular weight excluding hydrogens is 250 g/mol. The van der Waals surface area contributed by atoms with Gasteiger partial charge in [0.15, 0.2) is 0 Å². The van der Waals surface area contributed by atoms with Crippen LogP contribution < -0.4 is 0 Å². The minimum atomic E-state index is -0.886. The molecule has 100 valence electrons. The van der Waals surface area contributed by atoms with E-state index in [0.29, 0.717) is 5.56 Å². The second-order valence-electron chi connectivity index (χ2n) is 4.82. The van der Waals surface area contributed by atoms with Crippen LogP contribution in [0.5, 0.6) is 0 Å². The molecule has 0 spiro atoms. The lowest BCUT2D eigenvalue weighted by atomic mass is 10.1. The molecule has 3 aromatic rings. The molecule has 3 nitrogen and oxygen atoms in total. The maximum absolute atomic E-state index is 11.0. The zero-order chi connectivity index (χ0) is 13.9. The molecule has 0 radical (unpaired) electrons. The van der Waals surface area contributed by atoms with E-state index in [9.17, 15) is 4.79 Å². The van der Waals surface area contributed by atoms with Crippen LogP contribution in [0.25, 0.3) is 10.9 Å². The lowest BCUT2D eigenvalue weighted by molar-refractivity contribution is 0.0697. The summed E-state index contributed by atoms with van der Waals surface area (Å²) in [4.78, 5) is 11.0. The minimum absolute atomic E-state index is 0.331. The molecule has 0 aliphatic rings. The Kier molecular flexibility index (Phi) is 3.25. The second kappa shape index (κ2) is 5.21. The van der Waals surface area contributed by atoms with Crippen molar-refractivity contribution in [2.45, 2.75) is 13.0 Å². The molecule has 20 heavy (non-hydrogen) atoms. The van der Waals surface area contributed by atoms with Crippen LogP contribution in [-0.4, -0.2) is 15.6 Å². The molecule has 0 saturated heterocycles. The average molecular weight is 265 g/mol. The van der Waals surface area contributed by atoms with Gasteiger partial charge in [-0.1, -0.05) is 36.4 Å². The van der Waals surface area contributed by atoms with Crippen LogP contribution in [0.15, 0.2) is 60.8 Å². The fourth-order valence-corrected chi connectivity index (χ4v) is 2.41. The van der Waals surface area contributed by atoms with Gasteiger partial charge in [-0.3, -0.25) is 0 Å². The molecule has 0 atom stereocenters. The largest absolute Gasteiger partial charge is 0.478 e. The summed E-state index contributed by atoms with van der Waals surface area (Å²) in [5.41, 5.74) is 2.58. The highest BCUT2D eigenvalue weighted by Crippen LogP contribution is 2.18. The van der Waals surface area contributed by atoms with Crippen LogP contribution in [-0.2, 0) is 13.0 Å². The van der Waals surface area contributed by atoms with Crippen LogP contribution in [0.4, 0.5) is 0 Å². The number of nitrogens with zero attached hydrogens (tertiary/aromatic N) is 1. The molecule has 0 bridgehead atoms. The molecule has 0 unspecified atom stereocenters. The number of aryl methyl sites for hydroxylation is 2. The Labute approximate surface area is 117 Å². The molecule has 0 amide bonds. The molecule has 2 aromatic carbocycles. The standard InChI is InChI=1S/C17H15NO2/c19-17(20)15-7-6-14-9-11-18(16(14)12-15)10-8-13-4-2-1-3-5-13/h1-7,9,11-12H,8,10H2,(H,19,20). The van der Waals surface area contributed by atoms with Gasteiger partial charge in [-0.25, -0.2) is 4.79 Å². The lowest BCUT2D eigenvalue weighted by Crippen LogP contribution is -2.01. The fourth-order valence-electron chi connectivity index (χ4n) is 2.41. The van der Waals surface area contributed by atoms with Crippen molar-refractivity contribution in [3.8, 4) is 0 Å². The quantitative estimate of drug-likeness (QED) is 0.783. The molecule has 1 aromatic heterocycles. The number of rotatable bonds is 4. The van der Waals surface area contributed by atoms with E-state index < -0.39 is 5.97 Å². The highest BCUT2D eigenvalue weighted by atomic mass is 16.4. The Balaban J connectivity index is 1.88. The normalized spacial score (nSPS) is 10.8. The number of aromatic nitrogens is 1. The second-order valence-corrected chi connectivity index (χ2v) is 4.82. The molecule has 0 fully saturated rings. The maximum Gasteiger partial charge on any atom is 0.335 e. The number of carbonyl (C=O) groups is 1. The van der Waals surface area contributed by atoms with Crippen LogP contribution in [0.1, 0.15) is 15.9 Å². The van der Waals surface area contributed by atoms with Crippen molar-refractivity contribution in [3.05, 3.63) is 71.9 Å². The summed E-state index contributed by atoms with van der Waals surface area (Å²) in [6, 6.07) is 17.5. The molecule has 1 heterocycles. The highest BCUT2D eigenvalue weighted by molar-refractivity contribution is 5.93. The Morgan fingerprint density at radius 2 is 1.85 bits per heavy atom. The maximum atomic E-state index is 11.0.